The fraction of sp³-hybridized carbons (Fsp3) is 0.300. The third kappa shape index (κ3) is 2.00. The van der Waals surface area contributed by atoms with Crippen molar-refractivity contribution in [3.05, 3.63) is 35.8 Å². The quantitative estimate of drug-likeness (QED) is 0.546. The molecule has 0 aromatic heterocycles. The average molecular weight is 303 g/mol. The van der Waals surface area contributed by atoms with Gasteiger partial charge in [-0.25, -0.2) is 0 Å². The van der Waals surface area contributed by atoms with Crippen LogP contribution in [0.1, 0.15) is 6.92 Å². The van der Waals surface area contributed by atoms with Crippen molar-refractivity contribution in [2.24, 2.45) is 0 Å². The highest BCUT2D eigenvalue weighted by Crippen LogP contribution is 2.28. The van der Waals surface area contributed by atoms with Gasteiger partial charge in [0.25, 0.3) is 5.91 Å². The Bertz CT molecular complexity index is 366. The maximum absolute atomic E-state index is 11.1. The van der Waals surface area contributed by atoms with Crippen LogP contribution in [0.3, 0.4) is 0 Å². The van der Waals surface area contributed by atoms with Crippen LogP contribution in [0, 0.1) is 0 Å². The number of ether oxygens (including phenoxy) is 1. The second kappa shape index (κ2) is 3.42. The summed E-state index contributed by atoms with van der Waals surface area (Å²) < 4.78 is 5.21. The Hall–Kier alpha value is -0.780. The van der Waals surface area contributed by atoms with E-state index < -0.39 is 0 Å². The van der Waals surface area contributed by atoms with Gasteiger partial charge in [0.2, 0.25) is 0 Å². The van der Waals surface area contributed by atoms with Gasteiger partial charge in [0, 0.05) is 0 Å². The van der Waals surface area contributed by atoms with Crippen LogP contribution in [0.5, 0.6) is 0 Å². The number of carbonyl (C=O) groups excluding carboxylic acids is 1. The molecule has 4 heteroatoms. The van der Waals surface area contributed by atoms with Gasteiger partial charge >= 0.3 is 0 Å². The lowest BCUT2D eigenvalue weighted by Crippen LogP contribution is -2.34. The number of morpholine rings is 1. The molecule has 1 saturated heterocycles. The van der Waals surface area contributed by atoms with Crippen molar-refractivity contribution in [2.75, 3.05) is 6.61 Å². The Morgan fingerprint density at radius 2 is 2.43 bits per heavy atom. The van der Waals surface area contributed by atoms with Crippen LogP contribution in [0.2, 0.25) is 0 Å². The van der Waals surface area contributed by atoms with E-state index in [0.717, 1.165) is 11.5 Å². The molecule has 0 saturated carbocycles. The van der Waals surface area contributed by atoms with Crippen LogP contribution in [-0.4, -0.2) is 15.9 Å². The number of hydrogen-bond acceptors (Lipinski definition) is 2. The number of rotatable bonds is 0. The van der Waals surface area contributed by atoms with Gasteiger partial charge < -0.3 is 10.1 Å². The highest BCUT2D eigenvalue weighted by Gasteiger charge is 2.24. The molecule has 0 radical (unpaired) electrons. The van der Waals surface area contributed by atoms with Crippen LogP contribution in [0.4, 0.5) is 0 Å². The zero-order valence-corrected chi connectivity index (χ0v) is 9.87. The topological polar surface area (TPSA) is 38.3 Å². The predicted molar refractivity (Wildman–Crippen MR) is 61.8 cm³/mol. The molecule has 1 aliphatic heterocycles. The Balaban J connectivity index is 2.37. The number of fused-ring (bicyclic) bond motifs is 1. The van der Waals surface area contributed by atoms with Crippen molar-refractivity contribution in [3.63, 3.8) is 0 Å². The standard InChI is InChI=1S/C10H10INO2/c1-10(11)4-2-3-8-7(5-10)12-9(13)6-14-8/h2-5H,6H2,1H3,(H,12,13). The monoisotopic (exact) mass is 303 g/mol. The molecule has 1 aliphatic carbocycles. The largest absolute Gasteiger partial charge is 0.482 e. The molecule has 1 fully saturated rings. The first-order chi connectivity index (χ1) is 6.57. The average Bonchev–Trinajstić information content (AvgIpc) is 2.21. The van der Waals surface area contributed by atoms with E-state index in [1.807, 2.05) is 18.2 Å². The Morgan fingerprint density at radius 1 is 1.64 bits per heavy atom. The zero-order chi connectivity index (χ0) is 10.2. The highest BCUT2D eigenvalue weighted by molar-refractivity contribution is 14.1. The first kappa shape index (κ1) is 9.76. The molecule has 0 aromatic carbocycles. The molecule has 1 amide bonds. The fourth-order valence-corrected chi connectivity index (χ4v) is 1.89. The van der Waals surface area contributed by atoms with Crippen molar-refractivity contribution in [1.29, 1.82) is 0 Å². The molecular weight excluding hydrogens is 293 g/mol. The van der Waals surface area contributed by atoms with E-state index in [2.05, 4.69) is 40.9 Å². The van der Waals surface area contributed by atoms with E-state index in [4.69, 9.17) is 4.74 Å². The van der Waals surface area contributed by atoms with Gasteiger partial charge in [-0.05, 0) is 19.1 Å². The normalized spacial score (nSPS) is 30.6. The molecule has 0 spiro atoms. The second-order valence-electron chi connectivity index (χ2n) is 3.44. The SMILES string of the molecule is CC1(I)C=CC=C2OCC(=O)NC2=C1. The molecule has 0 bridgehead atoms. The van der Waals surface area contributed by atoms with Crippen molar-refractivity contribution < 1.29 is 9.53 Å². The third-order valence-corrected chi connectivity index (χ3v) is 2.67. The second-order valence-corrected chi connectivity index (χ2v) is 5.76. The molecule has 2 aliphatic rings. The molecule has 74 valence electrons. The summed E-state index contributed by atoms with van der Waals surface area (Å²) in [5.74, 6) is 0.642. The third-order valence-electron chi connectivity index (χ3n) is 1.99. The number of halogens is 1. The summed E-state index contributed by atoms with van der Waals surface area (Å²) in [7, 11) is 0. The molecule has 14 heavy (non-hydrogen) atoms. The first-order valence-electron chi connectivity index (χ1n) is 4.31. The van der Waals surface area contributed by atoms with E-state index in [1.54, 1.807) is 0 Å². The highest BCUT2D eigenvalue weighted by atomic mass is 127. The van der Waals surface area contributed by atoms with Gasteiger partial charge in [-0.3, -0.25) is 4.79 Å². The number of hydrogen-bond donors (Lipinski definition) is 1. The van der Waals surface area contributed by atoms with Crippen molar-refractivity contribution in [1.82, 2.24) is 5.32 Å². The lowest BCUT2D eigenvalue weighted by molar-refractivity contribution is -0.125. The molecule has 2 rings (SSSR count). The minimum absolute atomic E-state index is 0.0840. The van der Waals surface area contributed by atoms with Crippen LogP contribution in [0.25, 0.3) is 0 Å². The molecule has 1 atom stereocenters. The Kier molecular flexibility index (Phi) is 2.38. The van der Waals surface area contributed by atoms with Gasteiger partial charge in [-0.2, -0.15) is 0 Å². The molecule has 1 unspecified atom stereocenters. The number of allylic oxidation sites excluding steroid dienone is 4. The van der Waals surface area contributed by atoms with E-state index in [9.17, 15) is 4.79 Å². The summed E-state index contributed by atoms with van der Waals surface area (Å²) in [5.41, 5.74) is 0.767. The lowest BCUT2D eigenvalue weighted by Gasteiger charge is -2.21. The maximum Gasteiger partial charge on any atom is 0.262 e. The van der Waals surface area contributed by atoms with Crippen molar-refractivity contribution in [2.45, 2.75) is 10.3 Å². The van der Waals surface area contributed by atoms with E-state index in [1.165, 1.54) is 0 Å². The molecular formula is C10H10INO2. The molecule has 1 N–H and O–H groups in total. The minimum atomic E-state index is -0.0949. The number of amides is 1. The van der Waals surface area contributed by atoms with E-state index in [-0.39, 0.29) is 15.9 Å². The van der Waals surface area contributed by atoms with Gasteiger partial charge in [0.1, 0.15) is 5.76 Å². The van der Waals surface area contributed by atoms with Gasteiger partial charge in [0.05, 0.1) is 9.12 Å². The number of nitrogens with one attached hydrogen (secondary N) is 1. The predicted octanol–water partition coefficient (Wildman–Crippen LogP) is 1.66. The maximum atomic E-state index is 11.1. The first-order valence-corrected chi connectivity index (χ1v) is 5.39. The van der Waals surface area contributed by atoms with Crippen LogP contribution < -0.4 is 5.32 Å². The van der Waals surface area contributed by atoms with Gasteiger partial charge in [0.15, 0.2) is 6.61 Å². The number of alkyl halides is 1. The molecule has 1 heterocycles. The zero-order valence-electron chi connectivity index (χ0n) is 7.71. The fourth-order valence-electron chi connectivity index (χ4n) is 1.37. The van der Waals surface area contributed by atoms with Crippen LogP contribution in [-0.2, 0) is 9.53 Å². The van der Waals surface area contributed by atoms with Crippen molar-refractivity contribution in [3.8, 4) is 0 Å². The Morgan fingerprint density at radius 3 is 3.21 bits per heavy atom. The smallest absolute Gasteiger partial charge is 0.262 e. The summed E-state index contributed by atoms with van der Waals surface area (Å²) >= 11 is 2.31. The minimum Gasteiger partial charge on any atom is -0.482 e. The van der Waals surface area contributed by atoms with E-state index >= 15 is 0 Å². The van der Waals surface area contributed by atoms with Crippen LogP contribution in [0.15, 0.2) is 35.8 Å². The van der Waals surface area contributed by atoms with Crippen molar-refractivity contribution >= 4 is 28.5 Å². The van der Waals surface area contributed by atoms with Crippen LogP contribution >= 0.6 is 22.6 Å². The van der Waals surface area contributed by atoms with Gasteiger partial charge in [-0.15, -0.1) is 0 Å². The summed E-state index contributed by atoms with van der Waals surface area (Å²) in [6.07, 6.45) is 7.86. The van der Waals surface area contributed by atoms with Gasteiger partial charge in [-0.1, -0.05) is 34.7 Å². The summed E-state index contributed by atoms with van der Waals surface area (Å²) in [4.78, 5) is 11.1. The summed E-state index contributed by atoms with van der Waals surface area (Å²) in [5, 5.41) is 2.80. The van der Waals surface area contributed by atoms with E-state index in [0.29, 0.717) is 0 Å². The summed E-state index contributed by atoms with van der Waals surface area (Å²) in [6.45, 7) is 2.17. The Labute approximate surface area is 96.0 Å². The number of carbonyl (C=O) groups is 1. The molecule has 0 aromatic rings. The molecule has 3 nitrogen and oxygen atoms in total. The summed E-state index contributed by atoms with van der Waals surface area (Å²) in [6, 6.07) is 0. The lowest BCUT2D eigenvalue weighted by atomic mass is 10.1.